The maximum Gasteiger partial charge on any atom is -0.0261 e. The minimum Gasteiger partial charge on any atom is -0.0651 e. The summed E-state index contributed by atoms with van der Waals surface area (Å²) in [6.07, 6.45) is 16.5. The van der Waals surface area contributed by atoms with Crippen LogP contribution >= 0.6 is 0 Å². The zero-order chi connectivity index (χ0) is 22.6. The average molecular weight is 429 g/mol. The molecule has 12 atom stereocenters. The van der Waals surface area contributed by atoms with Gasteiger partial charge in [-0.15, -0.1) is 0 Å². The first-order chi connectivity index (χ1) is 14.6. The molecule has 0 aliphatic heterocycles. The number of hydrogen-bond acceptors (Lipinski definition) is 0. The van der Waals surface area contributed by atoms with Gasteiger partial charge in [-0.3, -0.25) is 0 Å². The molecular weight excluding hydrogens is 372 g/mol. The second-order valence-electron chi connectivity index (χ2n) is 14.2. The molecule has 4 rings (SSSR count). The Kier molecular flexibility index (Phi) is 6.99. The van der Waals surface area contributed by atoms with Crippen molar-refractivity contribution in [2.45, 2.75) is 126 Å². The normalized spacial score (nSPS) is 50.1. The van der Waals surface area contributed by atoms with Crippen LogP contribution in [-0.2, 0) is 0 Å². The molecule has 0 saturated heterocycles. The molecule has 0 heterocycles. The van der Waals surface area contributed by atoms with E-state index in [9.17, 15) is 0 Å². The average Bonchev–Trinajstić information content (AvgIpc) is 3.01. The van der Waals surface area contributed by atoms with Crippen molar-refractivity contribution in [3.8, 4) is 0 Å². The van der Waals surface area contributed by atoms with Crippen LogP contribution < -0.4 is 0 Å². The molecule has 0 amide bonds. The maximum atomic E-state index is 2.78. The zero-order valence-electron chi connectivity index (χ0n) is 22.6. The van der Waals surface area contributed by atoms with Crippen LogP contribution in [-0.4, -0.2) is 0 Å². The monoisotopic (exact) mass is 428 g/mol. The smallest absolute Gasteiger partial charge is 0.0261 e. The SMILES string of the molecule is CCC(C)CCC(C)C(C)C1C(C)CC2C3CCC4CC(C)CCC4(C)C3CCC21C. The Bertz CT molecular complexity index is 607. The fraction of sp³-hybridized carbons (Fsp3) is 1.00. The molecule has 0 aromatic rings. The summed E-state index contributed by atoms with van der Waals surface area (Å²) in [5.74, 6) is 9.72. The first-order valence-electron chi connectivity index (χ1n) is 14.6. The van der Waals surface area contributed by atoms with E-state index in [4.69, 9.17) is 0 Å². The van der Waals surface area contributed by atoms with Crippen molar-refractivity contribution >= 4 is 0 Å². The summed E-state index contributed by atoms with van der Waals surface area (Å²) >= 11 is 0. The molecule has 12 unspecified atom stereocenters. The molecular formula is C31H56. The highest BCUT2D eigenvalue weighted by molar-refractivity contribution is 5.11. The largest absolute Gasteiger partial charge is 0.0651 e. The second-order valence-corrected chi connectivity index (χ2v) is 14.2. The van der Waals surface area contributed by atoms with Gasteiger partial charge in [-0.2, -0.15) is 0 Å². The molecule has 0 bridgehead atoms. The van der Waals surface area contributed by atoms with Crippen molar-refractivity contribution in [3.63, 3.8) is 0 Å². The van der Waals surface area contributed by atoms with E-state index in [1.807, 2.05) is 0 Å². The highest BCUT2D eigenvalue weighted by Crippen LogP contribution is 2.69. The van der Waals surface area contributed by atoms with E-state index in [0.29, 0.717) is 10.8 Å². The topological polar surface area (TPSA) is 0 Å². The predicted molar refractivity (Wildman–Crippen MR) is 136 cm³/mol. The molecule has 0 nitrogen and oxygen atoms in total. The van der Waals surface area contributed by atoms with Crippen LogP contribution in [0.4, 0.5) is 0 Å². The first-order valence-corrected chi connectivity index (χ1v) is 14.6. The van der Waals surface area contributed by atoms with Gasteiger partial charge in [0.2, 0.25) is 0 Å². The van der Waals surface area contributed by atoms with Crippen molar-refractivity contribution in [3.05, 3.63) is 0 Å². The summed E-state index contributed by atoms with van der Waals surface area (Å²) in [6, 6.07) is 0. The van der Waals surface area contributed by atoms with Crippen LogP contribution in [0.3, 0.4) is 0 Å². The Morgan fingerprint density at radius 1 is 0.806 bits per heavy atom. The highest BCUT2D eigenvalue weighted by Gasteiger charge is 2.62. The Morgan fingerprint density at radius 2 is 1.52 bits per heavy atom. The third kappa shape index (κ3) is 4.07. The minimum atomic E-state index is 0.621. The molecule has 4 saturated carbocycles. The Hall–Kier alpha value is 0. The molecule has 180 valence electrons. The van der Waals surface area contributed by atoms with Crippen molar-refractivity contribution in [1.29, 1.82) is 0 Å². The molecule has 31 heavy (non-hydrogen) atoms. The minimum absolute atomic E-state index is 0.621. The van der Waals surface area contributed by atoms with Gasteiger partial charge in [-0.05, 0) is 115 Å². The van der Waals surface area contributed by atoms with Crippen molar-refractivity contribution in [2.24, 2.45) is 70.0 Å². The molecule has 0 heteroatoms. The van der Waals surface area contributed by atoms with E-state index in [2.05, 4.69) is 55.4 Å². The van der Waals surface area contributed by atoms with E-state index in [1.54, 1.807) is 25.7 Å². The van der Waals surface area contributed by atoms with Crippen LogP contribution in [0.25, 0.3) is 0 Å². The van der Waals surface area contributed by atoms with Gasteiger partial charge < -0.3 is 0 Å². The molecule has 0 radical (unpaired) electrons. The Morgan fingerprint density at radius 3 is 2.23 bits per heavy atom. The molecule has 4 aliphatic rings. The van der Waals surface area contributed by atoms with Gasteiger partial charge in [0.05, 0.1) is 0 Å². The van der Waals surface area contributed by atoms with Crippen molar-refractivity contribution in [1.82, 2.24) is 0 Å². The van der Waals surface area contributed by atoms with Gasteiger partial charge in [-0.25, -0.2) is 0 Å². The van der Waals surface area contributed by atoms with E-state index < -0.39 is 0 Å². The van der Waals surface area contributed by atoms with Crippen molar-refractivity contribution < 1.29 is 0 Å². The van der Waals surface area contributed by atoms with Gasteiger partial charge in [0, 0.05) is 0 Å². The van der Waals surface area contributed by atoms with Gasteiger partial charge >= 0.3 is 0 Å². The summed E-state index contributed by atoms with van der Waals surface area (Å²) in [6.45, 7) is 20.8. The lowest BCUT2D eigenvalue weighted by atomic mass is 9.44. The summed E-state index contributed by atoms with van der Waals surface area (Å²) in [5, 5.41) is 0. The van der Waals surface area contributed by atoms with Gasteiger partial charge in [-0.1, -0.05) is 81.1 Å². The Labute approximate surface area is 196 Å². The number of fused-ring (bicyclic) bond motifs is 5. The van der Waals surface area contributed by atoms with Crippen LogP contribution in [0.15, 0.2) is 0 Å². The Balaban J connectivity index is 1.50. The van der Waals surface area contributed by atoms with Crippen LogP contribution in [0, 0.1) is 70.0 Å². The van der Waals surface area contributed by atoms with E-state index in [-0.39, 0.29) is 0 Å². The standard InChI is InChI=1S/C31H56/c1-9-20(2)10-11-22(4)24(6)29-23(5)19-28-26-13-12-25-18-21(3)14-16-30(25,7)27(26)15-17-31(28,29)8/h20-29H,9-19H2,1-8H3. The lowest BCUT2D eigenvalue weighted by Crippen LogP contribution is -2.53. The third-order valence-electron chi connectivity index (χ3n) is 12.6. The van der Waals surface area contributed by atoms with E-state index in [0.717, 1.165) is 59.2 Å². The lowest BCUT2D eigenvalue weighted by Gasteiger charge is -2.61. The number of rotatable bonds is 6. The maximum absolute atomic E-state index is 2.78. The van der Waals surface area contributed by atoms with E-state index in [1.165, 1.54) is 44.9 Å². The highest BCUT2D eigenvalue weighted by atomic mass is 14.7. The molecule has 4 aliphatic carbocycles. The van der Waals surface area contributed by atoms with Crippen LogP contribution in [0.1, 0.15) is 126 Å². The molecule has 0 spiro atoms. The summed E-state index contributed by atoms with van der Waals surface area (Å²) in [4.78, 5) is 0. The quantitative estimate of drug-likeness (QED) is 0.395. The molecule has 4 fully saturated rings. The lowest BCUT2D eigenvalue weighted by molar-refractivity contribution is -0.122. The van der Waals surface area contributed by atoms with Crippen LogP contribution in [0.5, 0.6) is 0 Å². The molecule has 0 N–H and O–H groups in total. The van der Waals surface area contributed by atoms with Crippen molar-refractivity contribution in [2.75, 3.05) is 0 Å². The van der Waals surface area contributed by atoms with Crippen LogP contribution in [0.2, 0.25) is 0 Å². The molecule has 0 aromatic heterocycles. The number of hydrogen-bond donors (Lipinski definition) is 0. The second kappa shape index (κ2) is 8.98. The third-order valence-corrected chi connectivity index (χ3v) is 12.6. The summed E-state index contributed by atoms with van der Waals surface area (Å²) < 4.78 is 0. The fourth-order valence-corrected chi connectivity index (χ4v) is 10.4. The van der Waals surface area contributed by atoms with E-state index >= 15 is 0 Å². The fourth-order valence-electron chi connectivity index (χ4n) is 10.4. The predicted octanol–water partition coefficient (Wildman–Crippen LogP) is 9.63. The molecule has 0 aromatic carbocycles. The van der Waals surface area contributed by atoms with Gasteiger partial charge in [0.25, 0.3) is 0 Å². The summed E-state index contributed by atoms with van der Waals surface area (Å²) in [5.41, 5.74) is 1.29. The summed E-state index contributed by atoms with van der Waals surface area (Å²) in [7, 11) is 0. The zero-order valence-corrected chi connectivity index (χ0v) is 22.6. The van der Waals surface area contributed by atoms with Gasteiger partial charge in [0.1, 0.15) is 0 Å². The first kappa shape index (κ1) is 24.1. The van der Waals surface area contributed by atoms with Gasteiger partial charge in [0.15, 0.2) is 0 Å².